The lowest BCUT2D eigenvalue weighted by Gasteiger charge is -2.41. The Balaban J connectivity index is 1.48. The average molecular weight is 385 g/mol. The van der Waals surface area contributed by atoms with E-state index in [1.54, 1.807) is 0 Å². The Kier molecular flexibility index (Phi) is 6.02. The Bertz CT molecular complexity index is 706. The van der Waals surface area contributed by atoms with Gasteiger partial charge in [0.1, 0.15) is 0 Å². The third-order valence-electron chi connectivity index (χ3n) is 5.40. The summed E-state index contributed by atoms with van der Waals surface area (Å²) in [6.45, 7) is 1.77. The fourth-order valence-corrected chi connectivity index (χ4v) is 5.13. The summed E-state index contributed by atoms with van der Waals surface area (Å²) in [5.41, 5.74) is 0. The van der Waals surface area contributed by atoms with E-state index in [1.165, 1.54) is 49.9 Å². The van der Waals surface area contributed by atoms with Gasteiger partial charge in [-0.1, -0.05) is 30.9 Å². The van der Waals surface area contributed by atoms with Crippen molar-refractivity contribution in [3.63, 3.8) is 0 Å². The Morgan fingerprint density at radius 1 is 1.12 bits per heavy atom. The number of fused-ring (bicyclic) bond motifs is 1. The first kappa shape index (κ1) is 18.7. The largest absolute Gasteiger partial charge is 0.342 e. The van der Waals surface area contributed by atoms with E-state index in [0.717, 1.165) is 25.4 Å². The summed E-state index contributed by atoms with van der Waals surface area (Å²) in [4.78, 5) is 14.5. The maximum Gasteiger partial charge on any atom is 0.240 e. The lowest BCUT2D eigenvalue weighted by atomic mass is 9.75. The number of carbonyl (C=O) groups excluding carboxylic acids is 1. The van der Waals surface area contributed by atoms with Crippen LogP contribution in [0.2, 0.25) is 5.02 Å². The van der Waals surface area contributed by atoms with Gasteiger partial charge in [0, 0.05) is 31.1 Å². The topological polar surface area (TPSA) is 66.5 Å². The number of amides is 1. The monoisotopic (exact) mass is 384 g/mol. The van der Waals surface area contributed by atoms with Gasteiger partial charge in [-0.3, -0.25) is 4.79 Å². The zero-order valence-electron chi connectivity index (χ0n) is 14.3. The molecule has 25 heavy (non-hydrogen) atoms. The molecular formula is C18H25ClN2O3S. The van der Waals surface area contributed by atoms with Gasteiger partial charge in [-0.05, 0) is 48.9 Å². The Morgan fingerprint density at radius 3 is 2.52 bits per heavy atom. The van der Waals surface area contributed by atoms with Crippen LogP contribution in [0.4, 0.5) is 0 Å². The highest BCUT2D eigenvalue weighted by molar-refractivity contribution is 7.89. The molecule has 0 bridgehead atoms. The Morgan fingerprint density at radius 2 is 1.80 bits per heavy atom. The van der Waals surface area contributed by atoms with Crippen molar-refractivity contribution in [3.8, 4) is 0 Å². The standard InChI is InChI=1S/C18H25ClN2O3S/c19-16-5-7-17(8-6-16)25(23,24)20-11-9-18(22)21-12-10-14-3-1-2-4-15(14)13-21/h5-8,14-15,20H,1-4,9-13H2/t14-,15+/m1/s1. The van der Waals surface area contributed by atoms with E-state index >= 15 is 0 Å². The Labute approximate surface area is 154 Å². The van der Waals surface area contributed by atoms with Crippen LogP contribution < -0.4 is 4.72 Å². The van der Waals surface area contributed by atoms with Crippen LogP contribution in [0.5, 0.6) is 0 Å². The van der Waals surface area contributed by atoms with Gasteiger partial charge in [0.05, 0.1) is 4.90 Å². The van der Waals surface area contributed by atoms with Crippen molar-refractivity contribution in [1.29, 1.82) is 0 Å². The fraction of sp³-hybridized carbons (Fsp3) is 0.611. The van der Waals surface area contributed by atoms with E-state index in [1.807, 2.05) is 4.90 Å². The minimum atomic E-state index is -3.60. The smallest absolute Gasteiger partial charge is 0.240 e. The van der Waals surface area contributed by atoms with Gasteiger partial charge in [-0.2, -0.15) is 0 Å². The Hall–Kier alpha value is -1.11. The van der Waals surface area contributed by atoms with E-state index in [2.05, 4.69) is 4.72 Å². The minimum absolute atomic E-state index is 0.0443. The number of halogens is 1. The number of hydrogen-bond acceptors (Lipinski definition) is 3. The van der Waals surface area contributed by atoms with Gasteiger partial charge in [-0.25, -0.2) is 13.1 Å². The summed E-state index contributed by atoms with van der Waals surface area (Å²) < 4.78 is 26.9. The number of rotatable bonds is 5. The third kappa shape index (κ3) is 4.74. The summed E-state index contributed by atoms with van der Waals surface area (Å²) in [5, 5.41) is 0.486. The highest BCUT2D eigenvalue weighted by atomic mass is 35.5. The zero-order valence-corrected chi connectivity index (χ0v) is 15.9. The third-order valence-corrected chi connectivity index (χ3v) is 7.13. The van der Waals surface area contributed by atoms with Crippen molar-refractivity contribution in [2.75, 3.05) is 19.6 Å². The molecule has 1 aliphatic carbocycles. The lowest BCUT2D eigenvalue weighted by Crippen LogP contribution is -2.45. The van der Waals surface area contributed by atoms with Crippen LogP contribution in [-0.4, -0.2) is 38.9 Å². The maximum absolute atomic E-state index is 12.4. The molecule has 5 nitrogen and oxygen atoms in total. The number of nitrogens with zero attached hydrogens (tertiary/aromatic N) is 1. The van der Waals surface area contributed by atoms with Crippen molar-refractivity contribution in [3.05, 3.63) is 29.3 Å². The maximum atomic E-state index is 12.4. The fourth-order valence-electron chi connectivity index (χ4n) is 3.97. The van der Waals surface area contributed by atoms with Gasteiger partial charge < -0.3 is 4.90 Å². The molecule has 1 amide bonds. The minimum Gasteiger partial charge on any atom is -0.342 e. The average Bonchev–Trinajstić information content (AvgIpc) is 2.61. The number of benzene rings is 1. The molecule has 1 saturated heterocycles. The van der Waals surface area contributed by atoms with Crippen LogP contribution in [0.1, 0.15) is 38.5 Å². The molecule has 1 aliphatic heterocycles. The molecule has 138 valence electrons. The second kappa shape index (κ2) is 8.06. The molecule has 1 N–H and O–H groups in total. The number of hydrogen-bond donors (Lipinski definition) is 1. The highest BCUT2D eigenvalue weighted by Gasteiger charge is 2.32. The normalized spacial score (nSPS) is 24.0. The van der Waals surface area contributed by atoms with Crippen LogP contribution in [0, 0.1) is 11.8 Å². The summed E-state index contributed by atoms with van der Waals surface area (Å²) in [6, 6.07) is 5.99. The molecule has 2 atom stereocenters. The zero-order chi connectivity index (χ0) is 17.9. The van der Waals surface area contributed by atoms with Gasteiger partial charge >= 0.3 is 0 Å². The first-order chi connectivity index (χ1) is 12.0. The van der Waals surface area contributed by atoms with E-state index in [9.17, 15) is 13.2 Å². The highest BCUT2D eigenvalue weighted by Crippen LogP contribution is 2.36. The molecule has 1 saturated carbocycles. The van der Waals surface area contributed by atoms with E-state index in [-0.39, 0.29) is 23.8 Å². The molecule has 3 rings (SSSR count). The van der Waals surface area contributed by atoms with Crippen LogP contribution in [0.25, 0.3) is 0 Å². The van der Waals surface area contributed by atoms with Crippen molar-refractivity contribution < 1.29 is 13.2 Å². The summed E-state index contributed by atoms with van der Waals surface area (Å²) in [7, 11) is -3.60. The lowest BCUT2D eigenvalue weighted by molar-refractivity contribution is -0.134. The van der Waals surface area contributed by atoms with Crippen LogP contribution in [0.15, 0.2) is 29.2 Å². The number of carbonyl (C=O) groups is 1. The summed E-state index contributed by atoms with van der Waals surface area (Å²) in [5.74, 6) is 1.46. The molecule has 0 unspecified atom stereocenters. The molecule has 1 aromatic carbocycles. The van der Waals surface area contributed by atoms with Gasteiger partial charge in [0.2, 0.25) is 15.9 Å². The van der Waals surface area contributed by atoms with Crippen LogP contribution in [0.3, 0.4) is 0 Å². The molecule has 2 aliphatic rings. The molecular weight excluding hydrogens is 360 g/mol. The van der Waals surface area contributed by atoms with Gasteiger partial charge in [0.15, 0.2) is 0 Å². The second-order valence-corrected chi connectivity index (χ2v) is 9.24. The van der Waals surface area contributed by atoms with Gasteiger partial charge in [-0.15, -0.1) is 0 Å². The molecule has 0 aromatic heterocycles. The van der Waals surface area contributed by atoms with E-state index in [4.69, 9.17) is 11.6 Å². The van der Waals surface area contributed by atoms with E-state index < -0.39 is 10.0 Å². The number of sulfonamides is 1. The van der Waals surface area contributed by atoms with Crippen molar-refractivity contribution in [2.24, 2.45) is 11.8 Å². The molecule has 1 heterocycles. The van der Waals surface area contributed by atoms with Crippen molar-refractivity contribution in [2.45, 2.75) is 43.4 Å². The number of nitrogens with one attached hydrogen (secondary N) is 1. The summed E-state index contributed by atoms with van der Waals surface area (Å²) in [6.07, 6.45) is 6.40. The molecule has 2 fully saturated rings. The number of likely N-dealkylation sites (tertiary alicyclic amines) is 1. The molecule has 0 spiro atoms. The first-order valence-electron chi connectivity index (χ1n) is 8.99. The summed E-state index contributed by atoms with van der Waals surface area (Å²) >= 11 is 5.78. The quantitative estimate of drug-likeness (QED) is 0.848. The SMILES string of the molecule is O=C(CCNS(=O)(=O)c1ccc(Cl)cc1)N1CC[C@H]2CCCC[C@H]2C1. The first-order valence-corrected chi connectivity index (χ1v) is 10.8. The predicted molar refractivity (Wildman–Crippen MR) is 97.9 cm³/mol. The van der Waals surface area contributed by atoms with Crippen molar-refractivity contribution in [1.82, 2.24) is 9.62 Å². The second-order valence-electron chi connectivity index (χ2n) is 7.03. The molecule has 0 radical (unpaired) electrons. The van der Waals surface area contributed by atoms with Crippen LogP contribution >= 0.6 is 11.6 Å². The predicted octanol–water partition coefficient (Wildman–Crippen LogP) is 3.05. The molecule has 7 heteroatoms. The van der Waals surface area contributed by atoms with Gasteiger partial charge in [0.25, 0.3) is 0 Å². The number of piperidine rings is 1. The van der Waals surface area contributed by atoms with E-state index in [0.29, 0.717) is 10.9 Å². The van der Waals surface area contributed by atoms with Crippen LogP contribution in [-0.2, 0) is 14.8 Å². The molecule has 1 aromatic rings. The van der Waals surface area contributed by atoms with Crippen molar-refractivity contribution >= 4 is 27.5 Å².